The third-order valence-electron chi connectivity index (χ3n) is 2.76. The number of hydrogen-bond donors (Lipinski definition) is 1. The van der Waals surface area contributed by atoms with Crippen LogP contribution in [-0.2, 0) is 6.54 Å². The van der Waals surface area contributed by atoms with E-state index in [1.54, 1.807) is 12.1 Å². The molecule has 0 aliphatic rings. The van der Waals surface area contributed by atoms with Gasteiger partial charge in [-0.25, -0.2) is 14.5 Å². The van der Waals surface area contributed by atoms with E-state index in [2.05, 4.69) is 15.3 Å². The third kappa shape index (κ3) is 2.61. The molecule has 106 valence electrons. The van der Waals surface area contributed by atoms with Gasteiger partial charge in [0.25, 0.3) is 5.56 Å². The van der Waals surface area contributed by atoms with Crippen LogP contribution in [0.1, 0.15) is 16.2 Å². The SMILES string of the molecule is O=C(O)c1cn(Cc2cc(=O)n3cc(Cl)ccc3n2)nn1. The Morgan fingerprint density at radius 3 is 2.86 bits per heavy atom. The van der Waals surface area contributed by atoms with Gasteiger partial charge in [-0.15, -0.1) is 5.10 Å². The Hall–Kier alpha value is -2.74. The molecule has 0 fully saturated rings. The molecular weight excluding hydrogens is 298 g/mol. The normalized spacial score (nSPS) is 10.9. The van der Waals surface area contributed by atoms with E-state index < -0.39 is 5.97 Å². The lowest BCUT2D eigenvalue weighted by Crippen LogP contribution is -2.16. The Morgan fingerprint density at radius 2 is 2.14 bits per heavy atom. The average Bonchev–Trinajstić information content (AvgIpc) is 2.88. The number of fused-ring (bicyclic) bond motifs is 1. The molecule has 21 heavy (non-hydrogen) atoms. The van der Waals surface area contributed by atoms with E-state index >= 15 is 0 Å². The smallest absolute Gasteiger partial charge is 0.358 e. The number of nitrogens with zero attached hydrogens (tertiary/aromatic N) is 5. The number of carboxylic acid groups (broad SMARTS) is 1. The van der Waals surface area contributed by atoms with Gasteiger partial charge in [0.15, 0.2) is 5.69 Å². The van der Waals surface area contributed by atoms with Crippen LogP contribution in [0.2, 0.25) is 5.02 Å². The Bertz CT molecular complexity index is 901. The second-order valence-electron chi connectivity index (χ2n) is 4.27. The number of rotatable bonds is 3. The maximum Gasteiger partial charge on any atom is 0.358 e. The van der Waals surface area contributed by atoms with Gasteiger partial charge >= 0.3 is 5.97 Å². The summed E-state index contributed by atoms with van der Waals surface area (Å²) in [4.78, 5) is 27.0. The highest BCUT2D eigenvalue weighted by Crippen LogP contribution is 2.08. The van der Waals surface area contributed by atoms with Crippen LogP contribution in [0.25, 0.3) is 5.65 Å². The molecule has 0 spiro atoms. The van der Waals surface area contributed by atoms with Crippen molar-refractivity contribution in [1.29, 1.82) is 0 Å². The van der Waals surface area contributed by atoms with Crippen molar-refractivity contribution in [3.8, 4) is 0 Å². The van der Waals surface area contributed by atoms with Crippen molar-refractivity contribution in [2.45, 2.75) is 6.54 Å². The quantitative estimate of drug-likeness (QED) is 0.763. The van der Waals surface area contributed by atoms with Gasteiger partial charge < -0.3 is 5.11 Å². The fourth-order valence-corrected chi connectivity index (χ4v) is 2.01. The predicted molar refractivity (Wildman–Crippen MR) is 72.6 cm³/mol. The summed E-state index contributed by atoms with van der Waals surface area (Å²) in [5, 5.41) is 16.4. The van der Waals surface area contributed by atoms with Gasteiger partial charge in [-0.05, 0) is 12.1 Å². The Labute approximate surface area is 122 Å². The molecule has 9 heteroatoms. The predicted octanol–water partition coefficient (Wildman–Crippen LogP) is 0.686. The highest BCUT2D eigenvalue weighted by molar-refractivity contribution is 6.30. The van der Waals surface area contributed by atoms with Crippen molar-refractivity contribution >= 4 is 23.2 Å². The number of pyridine rings is 1. The molecule has 0 saturated carbocycles. The molecule has 0 unspecified atom stereocenters. The molecule has 0 aliphatic heterocycles. The minimum Gasteiger partial charge on any atom is -0.476 e. The van der Waals surface area contributed by atoms with Gasteiger partial charge in [-0.2, -0.15) is 0 Å². The van der Waals surface area contributed by atoms with Crippen LogP contribution < -0.4 is 5.56 Å². The van der Waals surface area contributed by atoms with Crippen LogP contribution >= 0.6 is 11.6 Å². The van der Waals surface area contributed by atoms with E-state index in [1.165, 1.54) is 27.5 Å². The lowest BCUT2D eigenvalue weighted by molar-refractivity contribution is 0.0690. The molecule has 0 amide bonds. The number of aromatic nitrogens is 5. The molecule has 0 radical (unpaired) electrons. The van der Waals surface area contributed by atoms with E-state index in [9.17, 15) is 9.59 Å². The number of carbonyl (C=O) groups is 1. The van der Waals surface area contributed by atoms with Gasteiger partial charge in [-0.1, -0.05) is 16.8 Å². The summed E-state index contributed by atoms with van der Waals surface area (Å²) in [5.74, 6) is -1.16. The van der Waals surface area contributed by atoms with E-state index in [0.29, 0.717) is 16.4 Å². The largest absolute Gasteiger partial charge is 0.476 e. The lowest BCUT2D eigenvalue weighted by Gasteiger charge is -2.04. The van der Waals surface area contributed by atoms with Crippen molar-refractivity contribution in [3.63, 3.8) is 0 Å². The molecule has 0 aromatic carbocycles. The minimum absolute atomic E-state index is 0.147. The van der Waals surface area contributed by atoms with E-state index in [0.717, 1.165) is 0 Å². The molecule has 3 aromatic heterocycles. The van der Waals surface area contributed by atoms with Crippen LogP contribution in [0, 0.1) is 0 Å². The zero-order chi connectivity index (χ0) is 15.0. The summed E-state index contributed by atoms with van der Waals surface area (Å²) < 4.78 is 2.63. The van der Waals surface area contributed by atoms with Crippen molar-refractivity contribution in [2.75, 3.05) is 0 Å². The van der Waals surface area contributed by atoms with Crippen molar-refractivity contribution < 1.29 is 9.90 Å². The number of halogens is 1. The molecule has 0 saturated heterocycles. The zero-order valence-electron chi connectivity index (χ0n) is 10.5. The molecule has 1 N–H and O–H groups in total. The second-order valence-corrected chi connectivity index (χ2v) is 4.70. The summed E-state index contributed by atoms with van der Waals surface area (Å²) in [7, 11) is 0. The first-order chi connectivity index (χ1) is 10.0. The fraction of sp³-hybridized carbons (Fsp3) is 0.0833. The zero-order valence-corrected chi connectivity index (χ0v) is 11.2. The number of aromatic carboxylic acids is 1. The van der Waals surface area contributed by atoms with Gasteiger partial charge in [0, 0.05) is 12.3 Å². The second kappa shape index (κ2) is 4.98. The topological polar surface area (TPSA) is 102 Å². The first kappa shape index (κ1) is 13.3. The summed E-state index contributed by atoms with van der Waals surface area (Å²) in [6.07, 6.45) is 2.75. The average molecular weight is 306 g/mol. The number of carboxylic acids is 1. The molecule has 3 rings (SSSR count). The molecular formula is C12H8ClN5O3. The van der Waals surface area contributed by atoms with E-state index in [-0.39, 0.29) is 17.8 Å². The Balaban J connectivity index is 1.99. The molecule has 0 bridgehead atoms. The van der Waals surface area contributed by atoms with Crippen LogP contribution in [0.4, 0.5) is 0 Å². The van der Waals surface area contributed by atoms with E-state index in [1.807, 2.05) is 0 Å². The fourth-order valence-electron chi connectivity index (χ4n) is 1.85. The maximum atomic E-state index is 12.0. The van der Waals surface area contributed by atoms with Crippen LogP contribution in [0.3, 0.4) is 0 Å². The van der Waals surface area contributed by atoms with Gasteiger partial charge in [0.1, 0.15) is 5.65 Å². The van der Waals surface area contributed by atoms with Gasteiger partial charge in [0.2, 0.25) is 0 Å². The lowest BCUT2D eigenvalue weighted by atomic mass is 10.3. The highest BCUT2D eigenvalue weighted by Gasteiger charge is 2.10. The van der Waals surface area contributed by atoms with Gasteiger partial charge in [0.05, 0.1) is 23.5 Å². The van der Waals surface area contributed by atoms with Gasteiger partial charge in [-0.3, -0.25) is 9.20 Å². The monoisotopic (exact) mass is 305 g/mol. The van der Waals surface area contributed by atoms with Crippen LogP contribution in [0.5, 0.6) is 0 Å². The summed E-state index contributed by atoms with van der Waals surface area (Å²) in [5.41, 5.74) is 0.444. The minimum atomic E-state index is -1.16. The standard InChI is InChI=1S/C12H8ClN5O3/c13-7-1-2-10-14-8(3-11(19)18(10)4-7)5-17-6-9(12(20)21)15-16-17/h1-4,6H,5H2,(H,20,21). The van der Waals surface area contributed by atoms with Crippen LogP contribution in [0.15, 0.2) is 35.4 Å². The first-order valence-electron chi connectivity index (χ1n) is 5.84. The molecule has 8 nitrogen and oxygen atoms in total. The Kier molecular flexibility index (Phi) is 3.15. The van der Waals surface area contributed by atoms with Crippen molar-refractivity contribution in [1.82, 2.24) is 24.4 Å². The maximum absolute atomic E-state index is 12.0. The first-order valence-corrected chi connectivity index (χ1v) is 6.22. The summed E-state index contributed by atoms with van der Waals surface area (Å²) in [6.45, 7) is 0.147. The molecule has 0 aliphatic carbocycles. The highest BCUT2D eigenvalue weighted by atomic mass is 35.5. The molecule has 3 heterocycles. The summed E-state index contributed by atoms with van der Waals surface area (Å²) >= 11 is 5.83. The van der Waals surface area contributed by atoms with Crippen LogP contribution in [-0.4, -0.2) is 35.5 Å². The number of hydrogen-bond acceptors (Lipinski definition) is 5. The van der Waals surface area contributed by atoms with Crippen molar-refractivity contribution in [2.24, 2.45) is 0 Å². The molecule has 0 atom stereocenters. The Morgan fingerprint density at radius 1 is 1.33 bits per heavy atom. The van der Waals surface area contributed by atoms with E-state index in [4.69, 9.17) is 16.7 Å². The summed E-state index contributed by atoms with van der Waals surface area (Å²) in [6, 6.07) is 4.59. The van der Waals surface area contributed by atoms with Crippen molar-refractivity contribution in [3.05, 3.63) is 57.4 Å². The molecule has 3 aromatic rings. The third-order valence-corrected chi connectivity index (χ3v) is 2.98.